The van der Waals surface area contributed by atoms with Crippen molar-refractivity contribution in [1.82, 2.24) is 4.90 Å². The third kappa shape index (κ3) is 4.13. The Labute approximate surface area is 152 Å². The summed E-state index contributed by atoms with van der Waals surface area (Å²) in [6, 6.07) is 4.56. The van der Waals surface area contributed by atoms with Crippen LogP contribution in [0.2, 0.25) is 0 Å². The number of anilines is 1. The maximum absolute atomic E-state index is 12.1. The Morgan fingerprint density at radius 3 is 2.85 bits per heavy atom. The van der Waals surface area contributed by atoms with Crippen molar-refractivity contribution in [1.29, 1.82) is 0 Å². The van der Waals surface area contributed by atoms with E-state index in [9.17, 15) is 14.9 Å². The summed E-state index contributed by atoms with van der Waals surface area (Å²) in [5.74, 6) is -0.127. The Bertz CT molecular complexity index is 638. The first kappa shape index (κ1) is 18.6. The van der Waals surface area contributed by atoms with Gasteiger partial charge >= 0.3 is 5.97 Å². The molecule has 8 heteroatoms. The van der Waals surface area contributed by atoms with E-state index in [-0.39, 0.29) is 11.3 Å². The Morgan fingerprint density at radius 2 is 2.23 bits per heavy atom. The van der Waals surface area contributed by atoms with Crippen LogP contribution in [0.3, 0.4) is 0 Å². The van der Waals surface area contributed by atoms with Crippen LogP contribution >= 0.6 is 0 Å². The van der Waals surface area contributed by atoms with Gasteiger partial charge in [0, 0.05) is 42.9 Å². The zero-order valence-corrected chi connectivity index (χ0v) is 15.0. The van der Waals surface area contributed by atoms with Gasteiger partial charge in [-0.3, -0.25) is 15.0 Å². The third-order valence-electron chi connectivity index (χ3n) is 5.24. The number of hydrogen-bond donors (Lipinski definition) is 1. The second kappa shape index (κ2) is 8.46. The molecule has 1 aromatic carbocycles. The normalized spacial score (nSPS) is 21.5. The van der Waals surface area contributed by atoms with Gasteiger partial charge in [-0.15, -0.1) is 0 Å². The number of likely N-dealkylation sites (tertiary alicyclic amines) is 1. The van der Waals surface area contributed by atoms with E-state index in [1.54, 1.807) is 6.07 Å². The predicted octanol–water partition coefficient (Wildman–Crippen LogP) is 2.29. The summed E-state index contributed by atoms with van der Waals surface area (Å²) < 4.78 is 10.4. The number of non-ortho nitro benzene ring substituents is 1. The molecule has 0 spiro atoms. The van der Waals surface area contributed by atoms with Gasteiger partial charge in [-0.25, -0.2) is 4.79 Å². The Morgan fingerprint density at radius 1 is 1.46 bits per heavy atom. The number of ether oxygens (including phenoxy) is 2. The molecule has 1 aromatic rings. The van der Waals surface area contributed by atoms with Crippen molar-refractivity contribution >= 4 is 17.3 Å². The number of rotatable bonds is 7. The number of nitro groups is 1. The molecule has 0 radical (unpaired) electrons. The average molecular weight is 363 g/mol. The van der Waals surface area contributed by atoms with E-state index in [1.807, 2.05) is 0 Å². The summed E-state index contributed by atoms with van der Waals surface area (Å²) in [5.41, 5.74) is 0.617. The number of esters is 1. The molecule has 2 aliphatic heterocycles. The molecule has 2 heterocycles. The van der Waals surface area contributed by atoms with Crippen molar-refractivity contribution in [2.45, 2.75) is 25.3 Å². The molecule has 0 aromatic heterocycles. The summed E-state index contributed by atoms with van der Waals surface area (Å²) in [7, 11) is 1.27. The summed E-state index contributed by atoms with van der Waals surface area (Å²) in [5, 5.41) is 14.3. The molecule has 142 valence electrons. The molecular formula is C18H25N3O5. The predicted molar refractivity (Wildman–Crippen MR) is 96.4 cm³/mol. The minimum atomic E-state index is -0.585. The van der Waals surface area contributed by atoms with Gasteiger partial charge in [-0.05, 0) is 38.4 Å². The smallest absolute Gasteiger partial charge is 0.340 e. The number of methoxy groups -OCH3 is 1. The molecular weight excluding hydrogens is 338 g/mol. The molecule has 1 N–H and O–H groups in total. The Hall–Kier alpha value is -2.19. The fraction of sp³-hybridized carbons (Fsp3) is 0.611. The van der Waals surface area contributed by atoms with E-state index >= 15 is 0 Å². The van der Waals surface area contributed by atoms with Gasteiger partial charge in [0.05, 0.1) is 24.2 Å². The van der Waals surface area contributed by atoms with Crippen LogP contribution in [0.1, 0.15) is 29.6 Å². The molecule has 2 fully saturated rings. The van der Waals surface area contributed by atoms with Gasteiger partial charge in [0.2, 0.25) is 0 Å². The SMILES string of the molecule is COC(=O)c1cc([N+](=O)[O-])ccc1NC[C@H]([C@H]1CCOC1)N1CCCC1. The Balaban J connectivity index is 1.77. The quantitative estimate of drug-likeness (QED) is 0.451. The topological polar surface area (TPSA) is 93.9 Å². The maximum atomic E-state index is 12.1. The van der Waals surface area contributed by atoms with Crippen molar-refractivity contribution in [3.63, 3.8) is 0 Å². The number of nitrogens with zero attached hydrogens (tertiary/aromatic N) is 2. The molecule has 3 rings (SSSR count). The first-order valence-corrected chi connectivity index (χ1v) is 9.02. The van der Waals surface area contributed by atoms with Gasteiger partial charge in [0.25, 0.3) is 5.69 Å². The van der Waals surface area contributed by atoms with E-state index in [0.717, 1.165) is 32.7 Å². The highest BCUT2D eigenvalue weighted by Gasteiger charge is 2.32. The van der Waals surface area contributed by atoms with Gasteiger partial charge in [0.1, 0.15) is 0 Å². The molecule has 0 bridgehead atoms. The van der Waals surface area contributed by atoms with Gasteiger partial charge in [0.15, 0.2) is 0 Å². The van der Waals surface area contributed by atoms with Crippen molar-refractivity contribution < 1.29 is 19.2 Å². The molecule has 0 aliphatic carbocycles. The van der Waals surface area contributed by atoms with Crippen molar-refractivity contribution in [2.75, 3.05) is 45.3 Å². The molecule has 0 saturated carbocycles. The minimum Gasteiger partial charge on any atom is -0.465 e. The monoisotopic (exact) mass is 363 g/mol. The number of carbonyl (C=O) groups excluding carboxylic acids is 1. The lowest BCUT2D eigenvalue weighted by Crippen LogP contribution is -2.44. The highest BCUT2D eigenvalue weighted by molar-refractivity contribution is 5.96. The summed E-state index contributed by atoms with van der Waals surface area (Å²) in [6.07, 6.45) is 3.44. The highest BCUT2D eigenvalue weighted by Crippen LogP contribution is 2.27. The van der Waals surface area contributed by atoms with E-state index < -0.39 is 10.9 Å². The van der Waals surface area contributed by atoms with Crippen LogP contribution in [0.5, 0.6) is 0 Å². The van der Waals surface area contributed by atoms with Gasteiger partial charge in [-0.2, -0.15) is 0 Å². The lowest BCUT2D eigenvalue weighted by Gasteiger charge is -2.32. The third-order valence-corrected chi connectivity index (χ3v) is 5.24. The lowest BCUT2D eigenvalue weighted by atomic mass is 9.97. The fourth-order valence-corrected chi connectivity index (χ4v) is 3.82. The first-order chi connectivity index (χ1) is 12.6. The van der Waals surface area contributed by atoms with Crippen LogP contribution in [-0.2, 0) is 9.47 Å². The van der Waals surface area contributed by atoms with E-state index in [2.05, 4.69) is 10.2 Å². The summed E-state index contributed by atoms with van der Waals surface area (Å²) in [4.78, 5) is 25.0. The Kier molecular flexibility index (Phi) is 6.05. The first-order valence-electron chi connectivity index (χ1n) is 9.02. The van der Waals surface area contributed by atoms with Crippen LogP contribution in [0.4, 0.5) is 11.4 Å². The average Bonchev–Trinajstić information content (AvgIpc) is 3.35. The van der Waals surface area contributed by atoms with Crippen molar-refractivity contribution in [3.05, 3.63) is 33.9 Å². The van der Waals surface area contributed by atoms with E-state index in [0.29, 0.717) is 24.2 Å². The summed E-state index contributed by atoms with van der Waals surface area (Å²) >= 11 is 0. The molecule has 0 amide bonds. The molecule has 2 atom stereocenters. The van der Waals surface area contributed by atoms with Crippen LogP contribution in [0, 0.1) is 16.0 Å². The minimum absolute atomic E-state index is 0.128. The van der Waals surface area contributed by atoms with Crippen LogP contribution in [0.25, 0.3) is 0 Å². The van der Waals surface area contributed by atoms with Gasteiger partial charge < -0.3 is 14.8 Å². The number of nitrogens with one attached hydrogen (secondary N) is 1. The zero-order chi connectivity index (χ0) is 18.5. The largest absolute Gasteiger partial charge is 0.465 e. The lowest BCUT2D eigenvalue weighted by molar-refractivity contribution is -0.384. The summed E-state index contributed by atoms with van der Waals surface area (Å²) in [6.45, 7) is 4.36. The molecule has 2 saturated heterocycles. The van der Waals surface area contributed by atoms with Crippen LogP contribution < -0.4 is 5.32 Å². The van der Waals surface area contributed by atoms with E-state index in [4.69, 9.17) is 9.47 Å². The molecule has 26 heavy (non-hydrogen) atoms. The standard InChI is InChI=1S/C18H25N3O5/c1-25-18(22)15-10-14(21(23)24)4-5-16(15)19-11-17(13-6-9-26-12-13)20-7-2-3-8-20/h4-5,10,13,17,19H,2-3,6-9,11-12H2,1H3/t13-,17+/m0/s1. The molecule has 2 aliphatic rings. The fourth-order valence-electron chi connectivity index (χ4n) is 3.82. The highest BCUT2D eigenvalue weighted by atomic mass is 16.6. The number of hydrogen-bond acceptors (Lipinski definition) is 7. The zero-order valence-electron chi connectivity index (χ0n) is 15.0. The maximum Gasteiger partial charge on any atom is 0.340 e. The van der Waals surface area contributed by atoms with Gasteiger partial charge in [-0.1, -0.05) is 0 Å². The molecule has 0 unspecified atom stereocenters. The number of benzene rings is 1. The van der Waals surface area contributed by atoms with Crippen molar-refractivity contribution in [2.24, 2.45) is 5.92 Å². The number of carbonyl (C=O) groups is 1. The van der Waals surface area contributed by atoms with E-state index in [1.165, 1.54) is 32.1 Å². The number of nitro benzene ring substituents is 1. The second-order valence-electron chi connectivity index (χ2n) is 6.79. The van der Waals surface area contributed by atoms with Crippen LogP contribution in [-0.4, -0.2) is 61.8 Å². The second-order valence-corrected chi connectivity index (χ2v) is 6.79. The van der Waals surface area contributed by atoms with Crippen LogP contribution in [0.15, 0.2) is 18.2 Å². The molecule has 8 nitrogen and oxygen atoms in total. The van der Waals surface area contributed by atoms with Crippen molar-refractivity contribution in [3.8, 4) is 0 Å².